The topological polar surface area (TPSA) is 40.7 Å². The van der Waals surface area contributed by atoms with Gasteiger partial charge in [-0.25, -0.2) is 0 Å². The van der Waals surface area contributed by atoms with E-state index in [2.05, 4.69) is 27.4 Å². The average molecular weight is 187 g/mol. The van der Waals surface area contributed by atoms with Gasteiger partial charge in [-0.3, -0.25) is 4.98 Å². The van der Waals surface area contributed by atoms with Crippen molar-refractivity contribution >= 4 is 10.9 Å². The van der Waals surface area contributed by atoms with Crippen molar-refractivity contribution < 1.29 is 0 Å². The van der Waals surface area contributed by atoms with Crippen LogP contribution < -0.4 is 5.32 Å². The molecule has 2 N–H and O–H groups in total. The Hall–Kier alpha value is -1.35. The second-order valence-electron chi connectivity index (χ2n) is 3.86. The van der Waals surface area contributed by atoms with Crippen molar-refractivity contribution in [2.75, 3.05) is 13.1 Å². The Bertz CT molecular complexity index is 440. The quantitative estimate of drug-likeness (QED) is 0.712. The predicted molar refractivity (Wildman–Crippen MR) is 56.3 cm³/mol. The highest BCUT2D eigenvalue weighted by Crippen LogP contribution is 2.23. The standard InChI is InChI=1S/C11H13N3/c1-3-12-6-9(1)10-5-8-2-4-13-11(8)7-14-10/h2,4-5,7,9,12-13H,1,3,6H2/t9-/m0/s1. The number of hydrogen-bond donors (Lipinski definition) is 2. The van der Waals surface area contributed by atoms with Crippen LogP contribution in [0.1, 0.15) is 18.0 Å². The van der Waals surface area contributed by atoms with Crippen LogP contribution in [0.3, 0.4) is 0 Å². The molecule has 0 bridgehead atoms. The summed E-state index contributed by atoms with van der Waals surface area (Å²) in [7, 11) is 0. The van der Waals surface area contributed by atoms with Gasteiger partial charge in [-0.1, -0.05) is 0 Å². The number of pyridine rings is 1. The van der Waals surface area contributed by atoms with E-state index >= 15 is 0 Å². The lowest BCUT2D eigenvalue weighted by Crippen LogP contribution is -2.08. The molecule has 3 rings (SSSR count). The Kier molecular flexibility index (Phi) is 1.77. The maximum absolute atomic E-state index is 4.49. The van der Waals surface area contributed by atoms with Crippen molar-refractivity contribution in [2.45, 2.75) is 12.3 Å². The number of aromatic amines is 1. The molecule has 3 heteroatoms. The minimum atomic E-state index is 0.606. The third kappa shape index (κ3) is 1.21. The van der Waals surface area contributed by atoms with Crippen molar-refractivity contribution in [3.05, 3.63) is 30.2 Å². The first-order valence-corrected chi connectivity index (χ1v) is 5.07. The summed E-state index contributed by atoms with van der Waals surface area (Å²) in [5, 5.41) is 4.63. The molecule has 1 aliphatic heterocycles. The van der Waals surface area contributed by atoms with Gasteiger partial charge in [0.25, 0.3) is 0 Å². The van der Waals surface area contributed by atoms with Crippen LogP contribution in [0.25, 0.3) is 10.9 Å². The molecule has 0 saturated carbocycles. The molecule has 2 aromatic heterocycles. The van der Waals surface area contributed by atoms with E-state index in [1.165, 1.54) is 17.5 Å². The third-order valence-corrected chi connectivity index (χ3v) is 2.94. The predicted octanol–water partition coefficient (Wildman–Crippen LogP) is 1.64. The van der Waals surface area contributed by atoms with Gasteiger partial charge < -0.3 is 10.3 Å². The van der Waals surface area contributed by atoms with Gasteiger partial charge >= 0.3 is 0 Å². The molecule has 1 fully saturated rings. The summed E-state index contributed by atoms with van der Waals surface area (Å²) in [6.07, 6.45) is 5.11. The third-order valence-electron chi connectivity index (χ3n) is 2.94. The highest BCUT2D eigenvalue weighted by Gasteiger charge is 2.17. The van der Waals surface area contributed by atoms with Crippen LogP contribution in [0.15, 0.2) is 24.5 Å². The van der Waals surface area contributed by atoms with Gasteiger partial charge in [0.05, 0.1) is 11.7 Å². The van der Waals surface area contributed by atoms with Gasteiger partial charge in [0, 0.05) is 29.7 Å². The molecule has 1 saturated heterocycles. The molecule has 0 unspecified atom stereocenters. The van der Waals surface area contributed by atoms with Gasteiger partial charge in [-0.15, -0.1) is 0 Å². The molecule has 1 aliphatic rings. The smallest absolute Gasteiger partial charge is 0.0640 e. The van der Waals surface area contributed by atoms with Gasteiger partial charge in [0.1, 0.15) is 0 Å². The summed E-state index contributed by atoms with van der Waals surface area (Å²) in [5.41, 5.74) is 2.35. The van der Waals surface area contributed by atoms with Gasteiger partial charge in [0.15, 0.2) is 0 Å². The molecule has 0 spiro atoms. The van der Waals surface area contributed by atoms with E-state index in [-0.39, 0.29) is 0 Å². The summed E-state index contributed by atoms with van der Waals surface area (Å²) >= 11 is 0. The van der Waals surface area contributed by atoms with Crippen LogP contribution in [-0.4, -0.2) is 23.1 Å². The Morgan fingerprint density at radius 2 is 2.43 bits per heavy atom. The van der Waals surface area contributed by atoms with Crippen LogP contribution >= 0.6 is 0 Å². The normalized spacial score (nSPS) is 21.9. The number of nitrogens with zero attached hydrogens (tertiary/aromatic N) is 1. The fraction of sp³-hybridized carbons (Fsp3) is 0.364. The van der Waals surface area contributed by atoms with E-state index < -0.39 is 0 Å². The van der Waals surface area contributed by atoms with E-state index in [0.29, 0.717) is 5.92 Å². The number of nitrogens with one attached hydrogen (secondary N) is 2. The van der Waals surface area contributed by atoms with Crippen molar-refractivity contribution in [3.8, 4) is 0 Å². The van der Waals surface area contributed by atoms with Crippen LogP contribution in [0.5, 0.6) is 0 Å². The van der Waals surface area contributed by atoms with Gasteiger partial charge in [-0.2, -0.15) is 0 Å². The second kappa shape index (κ2) is 3.10. The monoisotopic (exact) mass is 187 g/mol. The first-order valence-electron chi connectivity index (χ1n) is 5.07. The summed E-state index contributed by atoms with van der Waals surface area (Å²) < 4.78 is 0. The SMILES string of the molecule is c1cc2cc([C@H]3CCNC3)ncc2[nH]1. The lowest BCUT2D eigenvalue weighted by Gasteiger charge is -2.06. The van der Waals surface area contributed by atoms with Gasteiger partial charge in [-0.05, 0) is 25.1 Å². The average Bonchev–Trinajstić information content (AvgIpc) is 2.88. The maximum atomic E-state index is 4.49. The van der Waals surface area contributed by atoms with Crippen molar-refractivity contribution in [1.82, 2.24) is 15.3 Å². The number of H-pyrrole nitrogens is 1. The molecule has 0 amide bonds. The highest BCUT2D eigenvalue weighted by molar-refractivity contribution is 5.78. The summed E-state index contributed by atoms with van der Waals surface area (Å²) in [4.78, 5) is 7.65. The number of fused-ring (bicyclic) bond motifs is 1. The second-order valence-corrected chi connectivity index (χ2v) is 3.86. The van der Waals surface area contributed by atoms with Crippen LogP contribution in [0.2, 0.25) is 0 Å². The Morgan fingerprint density at radius 3 is 3.29 bits per heavy atom. The van der Waals surface area contributed by atoms with E-state index in [1.54, 1.807) is 0 Å². The van der Waals surface area contributed by atoms with Crippen LogP contribution in [-0.2, 0) is 0 Å². The molecule has 3 heterocycles. The minimum absolute atomic E-state index is 0.606. The van der Waals surface area contributed by atoms with E-state index in [4.69, 9.17) is 0 Å². The molecule has 72 valence electrons. The van der Waals surface area contributed by atoms with E-state index in [9.17, 15) is 0 Å². The minimum Gasteiger partial charge on any atom is -0.360 e. The Balaban J connectivity index is 2.04. The summed E-state index contributed by atoms with van der Waals surface area (Å²) in [5.74, 6) is 0.606. The van der Waals surface area contributed by atoms with Crippen molar-refractivity contribution in [3.63, 3.8) is 0 Å². The lowest BCUT2D eigenvalue weighted by molar-refractivity contribution is 0.737. The van der Waals surface area contributed by atoms with E-state index in [1.807, 2.05) is 12.4 Å². The molecular formula is C11H13N3. The van der Waals surface area contributed by atoms with Gasteiger partial charge in [0.2, 0.25) is 0 Å². The van der Waals surface area contributed by atoms with E-state index in [0.717, 1.165) is 18.6 Å². The molecule has 1 atom stereocenters. The van der Waals surface area contributed by atoms with Crippen molar-refractivity contribution in [1.29, 1.82) is 0 Å². The first kappa shape index (κ1) is 8.00. The Morgan fingerprint density at radius 1 is 1.43 bits per heavy atom. The van der Waals surface area contributed by atoms with Crippen LogP contribution in [0.4, 0.5) is 0 Å². The largest absolute Gasteiger partial charge is 0.360 e. The fourth-order valence-electron chi connectivity index (χ4n) is 2.10. The fourth-order valence-corrected chi connectivity index (χ4v) is 2.10. The summed E-state index contributed by atoms with van der Waals surface area (Å²) in [6, 6.07) is 4.30. The zero-order valence-corrected chi connectivity index (χ0v) is 7.96. The first-order chi connectivity index (χ1) is 6.93. The van der Waals surface area contributed by atoms with Crippen LogP contribution in [0, 0.1) is 0 Å². The zero-order valence-electron chi connectivity index (χ0n) is 7.96. The lowest BCUT2D eigenvalue weighted by atomic mass is 10.0. The van der Waals surface area contributed by atoms with Crippen molar-refractivity contribution in [2.24, 2.45) is 0 Å². The molecule has 14 heavy (non-hydrogen) atoms. The molecule has 3 nitrogen and oxygen atoms in total. The molecule has 0 radical (unpaired) electrons. The zero-order chi connectivity index (χ0) is 9.38. The maximum Gasteiger partial charge on any atom is 0.0640 e. The number of hydrogen-bond acceptors (Lipinski definition) is 2. The number of aromatic nitrogens is 2. The Labute approximate surface area is 82.5 Å². The molecular weight excluding hydrogens is 174 g/mol. The number of rotatable bonds is 1. The highest BCUT2D eigenvalue weighted by atomic mass is 14.9. The molecule has 0 aromatic carbocycles. The summed E-state index contributed by atoms with van der Waals surface area (Å²) in [6.45, 7) is 2.19. The molecule has 0 aliphatic carbocycles. The molecule has 2 aromatic rings.